The summed E-state index contributed by atoms with van der Waals surface area (Å²) in [6, 6.07) is 0.237. The highest BCUT2D eigenvalue weighted by molar-refractivity contribution is 5.69. The number of carbonyl (C=O) groups excluding carboxylic acids is 1. The number of hydrogen-bond donors (Lipinski definition) is 2. The van der Waals surface area contributed by atoms with Crippen LogP contribution in [0, 0.1) is 0 Å². The van der Waals surface area contributed by atoms with Gasteiger partial charge in [0, 0.05) is 13.6 Å². The van der Waals surface area contributed by atoms with Crippen LogP contribution in [0.15, 0.2) is 0 Å². The molecule has 0 radical (unpaired) electrons. The largest absolute Gasteiger partial charge is 0.466 e. The Kier molecular flexibility index (Phi) is 6.34. The summed E-state index contributed by atoms with van der Waals surface area (Å²) in [5.41, 5.74) is 0. The highest BCUT2D eigenvalue weighted by Crippen LogP contribution is 2.10. The maximum absolute atomic E-state index is 11.2. The Labute approximate surface area is 111 Å². The fraction of sp³-hybridized carbons (Fsp3) is 0.636. The molecular formula is C11H19N5O3. The first kappa shape index (κ1) is 14.9. The van der Waals surface area contributed by atoms with Crippen LogP contribution < -0.4 is 15.4 Å². The third kappa shape index (κ3) is 5.36. The van der Waals surface area contributed by atoms with Crippen LogP contribution in [0.3, 0.4) is 0 Å². The molecule has 19 heavy (non-hydrogen) atoms. The van der Waals surface area contributed by atoms with Crippen molar-refractivity contribution < 1.29 is 14.3 Å². The molecule has 0 aromatic carbocycles. The molecule has 8 nitrogen and oxygen atoms in total. The lowest BCUT2D eigenvalue weighted by molar-refractivity contribution is -0.142. The fourth-order valence-corrected chi connectivity index (χ4v) is 1.25. The fourth-order valence-electron chi connectivity index (χ4n) is 1.25. The van der Waals surface area contributed by atoms with Crippen molar-refractivity contribution >= 4 is 17.9 Å². The third-order valence-electron chi connectivity index (χ3n) is 2.03. The molecule has 1 heterocycles. The van der Waals surface area contributed by atoms with E-state index in [1.807, 2.05) is 6.92 Å². The van der Waals surface area contributed by atoms with Gasteiger partial charge in [-0.25, -0.2) is 0 Å². The summed E-state index contributed by atoms with van der Waals surface area (Å²) in [6.45, 7) is 4.84. The molecule has 1 aromatic rings. The van der Waals surface area contributed by atoms with Crippen molar-refractivity contribution in [2.24, 2.45) is 0 Å². The quantitative estimate of drug-likeness (QED) is 0.665. The molecule has 0 unspecified atom stereocenters. The molecule has 1 rings (SSSR count). The second-order valence-corrected chi connectivity index (χ2v) is 3.43. The molecule has 8 heteroatoms. The van der Waals surface area contributed by atoms with Crippen molar-refractivity contribution in [2.75, 3.05) is 37.4 Å². The van der Waals surface area contributed by atoms with Crippen LogP contribution in [0.5, 0.6) is 6.01 Å². The molecule has 0 saturated carbocycles. The number of aromatic nitrogens is 3. The van der Waals surface area contributed by atoms with Crippen LogP contribution in [0.25, 0.3) is 0 Å². The van der Waals surface area contributed by atoms with E-state index in [1.165, 1.54) is 0 Å². The minimum absolute atomic E-state index is 0.237. The van der Waals surface area contributed by atoms with Gasteiger partial charge >= 0.3 is 12.0 Å². The summed E-state index contributed by atoms with van der Waals surface area (Å²) in [4.78, 5) is 23.4. The van der Waals surface area contributed by atoms with E-state index >= 15 is 0 Å². The number of hydrogen-bond acceptors (Lipinski definition) is 8. The molecule has 0 atom stereocenters. The van der Waals surface area contributed by atoms with Crippen molar-refractivity contribution in [3.63, 3.8) is 0 Å². The van der Waals surface area contributed by atoms with Gasteiger partial charge in [0.2, 0.25) is 11.9 Å². The van der Waals surface area contributed by atoms with Crippen LogP contribution in [-0.2, 0) is 9.53 Å². The van der Waals surface area contributed by atoms with Gasteiger partial charge in [-0.3, -0.25) is 4.79 Å². The van der Waals surface area contributed by atoms with Gasteiger partial charge in [-0.15, -0.1) is 0 Å². The van der Waals surface area contributed by atoms with Gasteiger partial charge in [0.15, 0.2) is 0 Å². The smallest absolute Gasteiger partial charge is 0.323 e. The summed E-state index contributed by atoms with van der Waals surface area (Å²) in [5.74, 6) is 0.493. The average molecular weight is 269 g/mol. The summed E-state index contributed by atoms with van der Waals surface area (Å²) >= 11 is 0. The molecule has 0 spiro atoms. The highest BCUT2D eigenvalue weighted by atomic mass is 16.5. The summed E-state index contributed by atoms with van der Waals surface area (Å²) in [5, 5.41) is 5.74. The standard InChI is InChI=1S/C11H19N5O3/c1-4-18-8(17)6-7-13-10-14-9(12-3)15-11(16-10)19-5-2/h4-7H2,1-3H3,(H2,12,13,14,15,16). The number of nitrogens with zero attached hydrogens (tertiary/aromatic N) is 3. The first-order chi connectivity index (χ1) is 9.19. The number of carbonyl (C=O) groups is 1. The van der Waals surface area contributed by atoms with Crippen molar-refractivity contribution in [2.45, 2.75) is 20.3 Å². The number of esters is 1. The zero-order chi connectivity index (χ0) is 14.1. The van der Waals surface area contributed by atoms with Crippen molar-refractivity contribution in [3.05, 3.63) is 0 Å². The minimum Gasteiger partial charge on any atom is -0.466 e. The molecule has 0 amide bonds. The normalized spacial score (nSPS) is 9.84. The van der Waals surface area contributed by atoms with Gasteiger partial charge in [0.1, 0.15) is 0 Å². The molecule has 1 aromatic heterocycles. The number of anilines is 2. The van der Waals surface area contributed by atoms with Crippen molar-refractivity contribution in [3.8, 4) is 6.01 Å². The van der Waals surface area contributed by atoms with E-state index in [4.69, 9.17) is 9.47 Å². The molecule has 106 valence electrons. The lowest BCUT2D eigenvalue weighted by Gasteiger charge is -2.08. The molecule has 0 aliphatic rings. The van der Waals surface area contributed by atoms with E-state index in [-0.39, 0.29) is 18.4 Å². The Morgan fingerprint density at radius 3 is 2.53 bits per heavy atom. The minimum atomic E-state index is -0.261. The zero-order valence-corrected chi connectivity index (χ0v) is 11.4. The molecule has 0 aliphatic carbocycles. The second kappa shape index (κ2) is 8.06. The Bertz CT molecular complexity index is 413. The van der Waals surface area contributed by atoms with Gasteiger partial charge in [-0.1, -0.05) is 0 Å². The van der Waals surface area contributed by atoms with Crippen LogP contribution in [0.4, 0.5) is 11.9 Å². The molecule has 0 saturated heterocycles. The van der Waals surface area contributed by atoms with Crippen LogP contribution in [-0.4, -0.2) is 47.7 Å². The van der Waals surface area contributed by atoms with E-state index in [2.05, 4.69) is 25.6 Å². The van der Waals surface area contributed by atoms with Crippen molar-refractivity contribution in [1.29, 1.82) is 0 Å². The Morgan fingerprint density at radius 1 is 1.16 bits per heavy atom. The first-order valence-electron chi connectivity index (χ1n) is 6.15. The summed E-state index contributed by atoms with van der Waals surface area (Å²) in [7, 11) is 1.70. The maximum atomic E-state index is 11.2. The number of nitrogens with one attached hydrogen (secondary N) is 2. The molecule has 0 aliphatic heterocycles. The number of ether oxygens (including phenoxy) is 2. The van der Waals surface area contributed by atoms with E-state index in [0.29, 0.717) is 31.7 Å². The van der Waals surface area contributed by atoms with Gasteiger partial charge in [-0.05, 0) is 13.8 Å². The summed E-state index contributed by atoms with van der Waals surface area (Å²) < 4.78 is 10.0. The molecule has 2 N–H and O–H groups in total. The topological polar surface area (TPSA) is 98.3 Å². The molecule has 0 bridgehead atoms. The maximum Gasteiger partial charge on any atom is 0.323 e. The highest BCUT2D eigenvalue weighted by Gasteiger charge is 2.07. The third-order valence-corrected chi connectivity index (χ3v) is 2.03. The average Bonchev–Trinajstić information content (AvgIpc) is 2.39. The predicted octanol–water partition coefficient (Wildman–Crippen LogP) is 0.677. The van der Waals surface area contributed by atoms with Crippen LogP contribution >= 0.6 is 0 Å². The first-order valence-corrected chi connectivity index (χ1v) is 6.15. The van der Waals surface area contributed by atoms with Crippen molar-refractivity contribution in [1.82, 2.24) is 15.0 Å². The van der Waals surface area contributed by atoms with Crippen LogP contribution in [0.2, 0.25) is 0 Å². The summed E-state index contributed by atoms with van der Waals surface area (Å²) in [6.07, 6.45) is 0.248. The monoisotopic (exact) mass is 269 g/mol. The Morgan fingerprint density at radius 2 is 1.89 bits per heavy atom. The molecule has 0 fully saturated rings. The van der Waals surface area contributed by atoms with Gasteiger partial charge in [0.05, 0.1) is 19.6 Å². The SMILES string of the molecule is CCOC(=O)CCNc1nc(NC)nc(OCC)n1. The van der Waals surface area contributed by atoms with Gasteiger partial charge < -0.3 is 20.1 Å². The van der Waals surface area contributed by atoms with E-state index in [1.54, 1.807) is 14.0 Å². The van der Waals surface area contributed by atoms with Gasteiger partial charge in [0.25, 0.3) is 0 Å². The number of rotatable bonds is 8. The lowest BCUT2D eigenvalue weighted by Crippen LogP contribution is -2.14. The second-order valence-electron chi connectivity index (χ2n) is 3.43. The zero-order valence-electron chi connectivity index (χ0n) is 11.4. The Balaban J connectivity index is 2.56. The van der Waals surface area contributed by atoms with E-state index < -0.39 is 0 Å². The Hall–Kier alpha value is -2.12. The predicted molar refractivity (Wildman–Crippen MR) is 70.3 cm³/mol. The van der Waals surface area contributed by atoms with Crippen LogP contribution in [0.1, 0.15) is 20.3 Å². The van der Waals surface area contributed by atoms with E-state index in [9.17, 15) is 4.79 Å². The lowest BCUT2D eigenvalue weighted by atomic mass is 10.4. The van der Waals surface area contributed by atoms with E-state index in [0.717, 1.165) is 0 Å². The molecular weight excluding hydrogens is 250 g/mol. The van der Waals surface area contributed by atoms with Gasteiger partial charge in [-0.2, -0.15) is 15.0 Å².